The Hall–Kier alpha value is -0.730. The van der Waals surface area contributed by atoms with Crippen LogP contribution in [0.2, 0.25) is 5.02 Å². The molecule has 5 nitrogen and oxygen atoms in total. The van der Waals surface area contributed by atoms with Crippen LogP contribution in [0.5, 0.6) is 0 Å². The number of nitrogens with one attached hydrogen (secondary N) is 2. The van der Waals surface area contributed by atoms with Crippen LogP contribution in [-0.4, -0.2) is 63.2 Å². The summed E-state index contributed by atoms with van der Waals surface area (Å²) in [6, 6.07) is 8.48. The third-order valence-corrected chi connectivity index (χ3v) is 4.57. The summed E-state index contributed by atoms with van der Waals surface area (Å²) in [4.78, 5) is 9.33. The van der Waals surface area contributed by atoms with E-state index in [9.17, 15) is 0 Å². The van der Waals surface area contributed by atoms with Gasteiger partial charge in [-0.3, -0.25) is 4.99 Å². The second-order valence-electron chi connectivity index (χ2n) is 6.21. The lowest BCUT2D eigenvalue weighted by molar-refractivity contribution is 0.363. The third-order valence-electron chi connectivity index (χ3n) is 4.34. The van der Waals surface area contributed by atoms with Gasteiger partial charge in [0.2, 0.25) is 0 Å². The topological polar surface area (TPSA) is 42.9 Å². The van der Waals surface area contributed by atoms with Gasteiger partial charge in [0.1, 0.15) is 0 Å². The monoisotopic (exact) mass is 479 g/mol. The molecule has 1 aromatic carbocycles. The second kappa shape index (κ2) is 11.8. The lowest BCUT2D eigenvalue weighted by Crippen LogP contribution is -2.45. The third kappa shape index (κ3) is 7.58. The van der Waals surface area contributed by atoms with Crippen LogP contribution < -0.4 is 15.5 Å². The van der Waals surface area contributed by atoms with Gasteiger partial charge in [0.15, 0.2) is 5.96 Å². The largest absolute Gasteiger partial charge is 0.369 e. The van der Waals surface area contributed by atoms with Gasteiger partial charge in [-0.25, -0.2) is 0 Å². The molecule has 2 N–H and O–H groups in total. The maximum atomic E-state index is 6.10. The molecule has 1 heterocycles. The van der Waals surface area contributed by atoms with Crippen LogP contribution in [-0.2, 0) is 0 Å². The molecule has 7 heteroatoms. The van der Waals surface area contributed by atoms with E-state index >= 15 is 0 Å². The second-order valence-corrected chi connectivity index (χ2v) is 6.65. The van der Waals surface area contributed by atoms with Crippen molar-refractivity contribution in [2.45, 2.75) is 26.3 Å². The van der Waals surface area contributed by atoms with Gasteiger partial charge < -0.3 is 20.4 Å². The maximum Gasteiger partial charge on any atom is 0.191 e. The first-order chi connectivity index (χ1) is 11.6. The number of aliphatic imine (C=N–C) groups is 1. The van der Waals surface area contributed by atoms with Crippen molar-refractivity contribution in [1.82, 2.24) is 15.5 Å². The van der Waals surface area contributed by atoms with Crippen LogP contribution in [0.3, 0.4) is 0 Å². The number of guanidine groups is 1. The molecule has 1 atom stereocenters. The van der Waals surface area contributed by atoms with E-state index < -0.39 is 0 Å². The molecule has 0 spiro atoms. The fraction of sp³-hybridized carbons (Fsp3) is 0.611. The molecule has 0 bridgehead atoms. The molecule has 1 aliphatic rings. The van der Waals surface area contributed by atoms with Crippen molar-refractivity contribution < 1.29 is 0 Å². The summed E-state index contributed by atoms with van der Waals surface area (Å²) in [5, 5.41) is 7.71. The standard InChI is InChI=1S/C18H30ClN5.HI/c1-4-20-18(21-10-12-23(3)5-2)22-16-9-11-24(14-16)17-8-6-7-15(19)13-17;/h6-8,13,16H,4-5,9-12,14H2,1-3H3,(H2,20,21,22);1H. The highest BCUT2D eigenvalue weighted by Crippen LogP contribution is 2.23. The molecule has 0 aliphatic carbocycles. The van der Waals surface area contributed by atoms with E-state index in [0.29, 0.717) is 6.04 Å². The number of rotatable bonds is 7. The van der Waals surface area contributed by atoms with Crippen molar-refractivity contribution in [2.75, 3.05) is 51.2 Å². The zero-order valence-electron chi connectivity index (χ0n) is 15.5. The van der Waals surface area contributed by atoms with Gasteiger partial charge in [0, 0.05) is 42.9 Å². The minimum atomic E-state index is 0. The molecule has 1 unspecified atom stereocenters. The van der Waals surface area contributed by atoms with E-state index in [1.165, 1.54) is 5.69 Å². The highest BCUT2D eigenvalue weighted by molar-refractivity contribution is 14.0. The Morgan fingerprint density at radius 3 is 2.88 bits per heavy atom. The van der Waals surface area contributed by atoms with Crippen molar-refractivity contribution >= 4 is 47.2 Å². The zero-order valence-corrected chi connectivity index (χ0v) is 18.6. The molecule has 0 radical (unpaired) electrons. The summed E-state index contributed by atoms with van der Waals surface area (Å²) in [5.41, 5.74) is 1.19. The van der Waals surface area contributed by atoms with Gasteiger partial charge in [-0.15, -0.1) is 24.0 Å². The molecule has 0 amide bonds. The quantitative estimate of drug-likeness (QED) is 0.358. The van der Waals surface area contributed by atoms with Crippen LogP contribution in [0.25, 0.3) is 0 Å². The van der Waals surface area contributed by atoms with Crippen LogP contribution in [0, 0.1) is 0 Å². The highest BCUT2D eigenvalue weighted by atomic mass is 127. The molecule has 0 saturated carbocycles. The Balaban J connectivity index is 0.00000312. The Morgan fingerprint density at radius 2 is 2.20 bits per heavy atom. The van der Waals surface area contributed by atoms with Crippen LogP contribution in [0.1, 0.15) is 20.3 Å². The first-order valence-electron chi connectivity index (χ1n) is 8.86. The van der Waals surface area contributed by atoms with Gasteiger partial charge in [-0.05, 0) is 45.1 Å². The summed E-state index contributed by atoms with van der Waals surface area (Å²) in [7, 11) is 2.12. The fourth-order valence-corrected chi connectivity index (χ4v) is 2.97. The minimum Gasteiger partial charge on any atom is -0.369 e. The van der Waals surface area contributed by atoms with Crippen molar-refractivity contribution in [3.63, 3.8) is 0 Å². The summed E-state index contributed by atoms with van der Waals surface area (Å²) in [5.74, 6) is 0.917. The number of halogens is 2. The van der Waals surface area contributed by atoms with E-state index in [2.05, 4.69) is 52.4 Å². The Labute approximate surface area is 174 Å². The van der Waals surface area contributed by atoms with E-state index in [0.717, 1.165) is 56.7 Å². The van der Waals surface area contributed by atoms with Crippen LogP contribution in [0.4, 0.5) is 5.69 Å². The summed E-state index contributed by atoms with van der Waals surface area (Å²) >= 11 is 6.10. The molecular formula is C18H31ClIN5. The predicted molar refractivity (Wildman–Crippen MR) is 120 cm³/mol. The van der Waals surface area contributed by atoms with Gasteiger partial charge in [-0.2, -0.15) is 0 Å². The van der Waals surface area contributed by atoms with Crippen molar-refractivity contribution in [2.24, 2.45) is 4.99 Å². The number of likely N-dealkylation sites (N-methyl/N-ethyl adjacent to an activating group) is 1. The van der Waals surface area contributed by atoms with Gasteiger partial charge >= 0.3 is 0 Å². The molecule has 142 valence electrons. The van der Waals surface area contributed by atoms with E-state index in [4.69, 9.17) is 11.6 Å². The average Bonchev–Trinajstić information content (AvgIpc) is 3.03. The first-order valence-corrected chi connectivity index (χ1v) is 9.24. The number of anilines is 1. The van der Waals surface area contributed by atoms with Crippen molar-refractivity contribution in [1.29, 1.82) is 0 Å². The summed E-state index contributed by atoms with van der Waals surface area (Å²) in [6.07, 6.45) is 1.10. The van der Waals surface area contributed by atoms with E-state index in [1.54, 1.807) is 0 Å². The Bertz CT molecular complexity index is 540. The van der Waals surface area contributed by atoms with E-state index in [1.807, 2.05) is 18.2 Å². The molecule has 1 aliphatic heterocycles. The smallest absolute Gasteiger partial charge is 0.191 e. The first kappa shape index (κ1) is 22.3. The van der Waals surface area contributed by atoms with Gasteiger partial charge in [0.05, 0.1) is 6.54 Å². The molecule has 1 saturated heterocycles. The highest BCUT2D eigenvalue weighted by Gasteiger charge is 2.23. The molecule has 2 rings (SSSR count). The maximum absolute atomic E-state index is 6.10. The molecular weight excluding hydrogens is 449 g/mol. The van der Waals surface area contributed by atoms with Crippen LogP contribution in [0.15, 0.2) is 29.3 Å². The lowest BCUT2D eigenvalue weighted by Gasteiger charge is -2.21. The summed E-state index contributed by atoms with van der Waals surface area (Å²) < 4.78 is 0. The minimum absolute atomic E-state index is 0. The molecule has 25 heavy (non-hydrogen) atoms. The predicted octanol–water partition coefficient (Wildman–Crippen LogP) is 3.04. The van der Waals surface area contributed by atoms with Crippen molar-refractivity contribution in [3.05, 3.63) is 29.3 Å². The molecule has 1 aromatic rings. The number of hydrogen-bond acceptors (Lipinski definition) is 3. The van der Waals surface area contributed by atoms with Crippen LogP contribution >= 0.6 is 35.6 Å². The van der Waals surface area contributed by atoms with Gasteiger partial charge in [0.25, 0.3) is 0 Å². The van der Waals surface area contributed by atoms with Crippen molar-refractivity contribution in [3.8, 4) is 0 Å². The average molecular weight is 480 g/mol. The number of benzene rings is 1. The number of hydrogen-bond donors (Lipinski definition) is 2. The lowest BCUT2D eigenvalue weighted by atomic mass is 10.3. The Morgan fingerprint density at radius 1 is 1.40 bits per heavy atom. The molecule has 0 aromatic heterocycles. The fourth-order valence-electron chi connectivity index (χ4n) is 2.79. The SMILES string of the molecule is CCNC(=NCCN(C)CC)NC1CCN(c2cccc(Cl)c2)C1.I. The molecule has 1 fully saturated rings. The van der Waals surface area contributed by atoms with E-state index in [-0.39, 0.29) is 24.0 Å². The summed E-state index contributed by atoms with van der Waals surface area (Å²) in [6.45, 7) is 9.99. The van der Waals surface area contributed by atoms with Gasteiger partial charge in [-0.1, -0.05) is 24.6 Å². The Kier molecular flexibility index (Phi) is 10.5. The number of nitrogens with zero attached hydrogens (tertiary/aromatic N) is 3. The zero-order chi connectivity index (χ0) is 17.4. The normalized spacial score (nSPS) is 17.6.